The molecule has 0 radical (unpaired) electrons. The van der Waals surface area contributed by atoms with Gasteiger partial charge >= 0.3 is 0 Å². The van der Waals surface area contributed by atoms with Crippen molar-refractivity contribution in [3.8, 4) is 5.75 Å². The van der Waals surface area contributed by atoms with E-state index in [2.05, 4.69) is 4.90 Å². The minimum Gasteiger partial charge on any atom is -0.484 e. The molecule has 108 valence electrons. The fourth-order valence-electron chi connectivity index (χ4n) is 3.02. The van der Waals surface area contributed by atoms with Gasteiger partial charge in [0.1, 0.15) is 5.75 Å². The molecule has 2 aliphatic rings. The summed E-state index contributed by atoms with van der Waals surface area (Å²) in [6.07, 6.45) is 7.10. The van der Waals surface area contributed by atoms with E-state index in [1.807, 2.05) is 12.1 Å². The van der Waals surface area contributed by atoms with Gasteiger partial charge in [0.25, 0.3) is 5.91 Å². The summed E-state index contributed by atoms with van der Waals surface area (Å²) in [4.78, 5) is 14.5. The molecule has 20 heavy (non-hydrogen) atoms. The van der Waals surface area contributed by atoms with E-state index >= 15 is 0 Å². The second kappa shape index (κ2) is 6.04. The Hall–Kier alpha value is -1.22. The highest BCUT2D eigenvalue weighted by Gasteiger charge is 2.38. The van der Waals surface area contributed by atoms with Gasteiger partial charge in [-0.2, -0.15) is 0 Å². The van der Waals surface area contributed by atoms with Crippen LogP contribution in [0.5, 0.6) is 5.75 Å². The minimum absolute atomic E-state index is 0.118. The summed E-state index contributed by atoms with van der Waals surface area (Å²) >= 11 is 5.91. The zero-order valence-electron chi connectivity index (χ0n) is 11.6. The molecule has 0 N–H and O–H groups in total. The molecule has 0 atom stereocenters. The lowest BCUT2D eigenvalue weighted by atomic mass is 10.2. The Morgan fingerprint density at radius 3 is 2.55 bits per heavy atom. The van der Waals surface area contributed by atoms with Crippen LogP contribution in [0, 0.1) is 0 Å². The van der Waals surface area contributed by atoms with Crippen LogP contribution in [0.3, 0.4) is 0 Å². The van der Waals surface area contributed by atoms with E-state index in [0.717, 1.165) is 25.7 Å². The number of amides is 1. The maximum Gasteiger partial charge on any atom is 0.261 e. The largest absolute Gasteiger partial charge is 0.484 e. The lowest BCUT2D eigenvalue weighted by Crippen LogP contribution is -2.43. The van der Waals surface area contributed by atoms with Crippen LogP contribution < -0.4 is 4.74 Å². The van der Waals surface area contributed by atoms with Gasteiger partial charge in [0.2, 0.25) is 0 Å². The maximum atomic E-state index is 12.4. The van der Waals surface area contributed by atoms with Crippen LogP contribution in [-0.2, 0) is 4.79 Å². The highest BCUT2D eigenvalue weighted by molar-refractivity contribution is 6.30. The van der Waals surface area contributed by atoms with E-state index in [9.17, 15) is 4.79 Å². The van der Waals surface area contributed by atoms with Crippen molar-refractivity contribution in [1.29, 1.82) is 0 Å². The fourth-order valence-corrected chi connectivity index (χ4v) is 3.20. The highest BCUT2D eigenvalue weighted by Crippen LogP contribution is 2.34. The average molecular weight is 294 g/mol. The molecule has 4 heteroatoms. The minimum atomic E-state index is 0.118. The van der Waals surface area contributed by atoms with Crippen molar-refractivity contribution in [2.75, 3.05) is 6.61 Å². The molecule has 0 spiro atoms. The predicted molar refractivity (Wildman–Crippen MR) is 79.1 cm³/mol. The van der Waals surface area contributed by atoms with Crippen LogP contribution in [0.1, 0.15) is 38.5 Å². The van der Waals surface area contributed by atoms with E-state index in [1.54, 1.807) is 12.1 Å². The number of halogens is 1. The van der Waals surface area contributed by atoms with Gasteiger partial charge in [-0.1, -0.05) is 30.5 Å². The van der Waals surface area contributed by atoms with Gasteiger partial charge in [0.15, 0.2) is 6.61 Å². The Morgan fingerprint density at radius 1 is 1.20 bits per heavy atom. The molecule has 0 heterocycles. The zero-order valence-corrected chi connectivity index (χ0v) is 12.3. The van der Waals surface area contributed by atoms with Gasteiger partial charge in [0, 0.05) is 17.1 Å². The zero-order chi connectivity index (χ0) is 13.9. The van der Waals surface area contributed by atoms with E-state index in [4.69, 9.17) is 16.3 Å². The molecule has 2 fully saturated rings. The van der Waals surface area contributed by atoms with Gasteiger partial charge in [0.05, 0.1) is 0 Å². The van der Waals surface area contributed by atoms with Gasteiger partial charge in [-0.25, -0.2) is 0 Å². The first-order chi connectivity index (χ1) is 9.74. The van der Waals surface area contributed by atoms with E-state index < -0.39 is 0 Å². The Morgan fingerprint density at radius 2 is 1.90 bits per heavy atom. The second-order valence-electron chi connectivity index (χ2n) is 5.72. The number of carbonyl (C=O) groups excluding carboxylic acids is 1. The lowest BCUT2D eigenvalue weighted by Gasteiger charge is -2.29. The van der Waals surface area contributed by atoms with Crippen LogP contribution in [0.4, 0.5) is 0 Å². The fraction of sp³-hybridized carbons (Fsp3) is 0.562. The number of hydrogen-bond acceptors (Lipinski definition) is 2. The van der Waals surface area contributed by atoms with E-state index in [1.165, 1.54) is 12.8 Å². The molecule has 1 amide bonds. The number of carbonyl (C=O) groups is 1. The SMILES string of the molecule is O=C(COc1cccc(Cl)c1)N(C1CCCC1)C1CC1. The average Bonchev–Trinajstić information content (AvgIpc) is 3.11. The predicted octanol–water partition coefficient (Wildman–Crippen LogP) is 3.65. The summed E-state index contributed by atoms with van der Waals surface area (Å²) in [5, 5.41) is 0.629. The Labute approximate surface area is 124 Å². The Bertz CT molecular complexity index is 481. The Kier molecular flexibility index (Phi) is 4.16. The van der Waals surface area contributed by atoms with Crippen molar-refractivity contribution >= 4 is 17.5 Å². The quantitative estimate of drug-likeness (QED) is 0.829. The standard InChI is InChI=1S/C16H20ClNO2/c17-12-4-3-7-15(10-12)20-11-16(19)18(14-8-9-14)13-5-1-2-6-13/h3-4,7,10,13-14H,1-2,5-6,8-9,11H2. The third-order valence-corrected chi connectivity index (χ3v) is 4.34. The van der Waals surface area contributed by atoms with Crippen LogP contribution in [0.25, 0.3) is 0 Å². The summed E-state index contributed by atoms with van der Waals surface area (Å²) in [6, 6.07) is 8.11. The third kappa shape index (κ3) is 3.26. The molecule has 0 bridgehead atoms. The molecule has 2 aliphatic carbocycles. The number of rotatable bonds is 5. The van der Waals surface area contributed by atoms with Gasteiger partial charge < -0.3 is 9.64 Å². The molecule has 3 rings (SSSR count). The maximum absolute atomic E-state index is 12.4. The number of benzene rings is 1. The molecule has 1 aromatic rings. The first-order valence-corrected chi connectivity index (χ1v) is 7.81. The van der Waals surface area contributed by atoms with Crippen molar-refractivity contribution in [3.63, 3.8) is 0 Å². The van der Waals surface area contributed by atoms with Crippen LogP contribution in [-0.4, -0.2) is 29.5 Å². The third-order valence-electron chi connectivity index (χ3n) is 4.10. The first-order valence-electron chi connectivity index (χ1n) is 7.43. The molecule has 1 aromatic carbocycles. The van der Waals surface area contributed by atoms with Crippen molar-refractivity contribution in [3.05, 3.63) is 29.3 Å². The van der Waals surface area contributed by atoms with Gasteiger partial charge in [-0.05, 0) is 43.9 Å². The van der Waals surface area contributed by atoms with Crippen molar-refractivity contribution < 1.29 is 9.53 Å². The summed E-state index contributed by atoms with van der Waals surface area (Å²) in [5.74, 6) is 0.785. The molecular formula is C16H20ClNO2. The second-order valence-corrected chi connectivity index (χ2v) is 6.15. The molecular weight excluding hydrogens is 274 g/mol. The topological polar surface area (TPSA) is 29.5 Å². The summed E-state index contributed by atoms with van der Waals surface area (Å²) in [5.41, 5.74) is 0. The molecule has 0 aromatic heterocycles. The normalized spacial score (nSPS) is 19.1. The van der Waals surface area contributed by atoms with E-state index in [0.29, 0.717) is 22.9 Å². The van der Waals surface area contributed by atoms with Crippen molar-refractivity contribution in [2.24, 2.45) is 0 Å². The first kappa shape index (κ1) is 13.7. The number of hydrogen-bond donors (Lipinski definition) is 0. The van der Waals surface area contributed by atoms with Crippen LogP contribution in [0.2, 0.25) is 5.02 Å². The molecule has 0 saturated heterocycles. The summed E-state index contributed by atoms with van der Waals surface area (Å²) in [7, 11) is 0. The number of nitrogens with zero attached hydrogens (tertiary/aromatic N) is 1. The molecule has 3 nitrogen and oxygen atoms in total. The summed E-state index contributed by atoms with van der Waals surface area (Å²) < 4.78 is 5.59. The highest BCUT2D eigenvalue weighted by atomic mass is 35.5. The number of ether oxygens (including phenoxy) is 1. The Balaban J connectivity index is 1.59. The van der Waals surface area contributed by atoms with Gasteiger partial charge in [-0.15, -0.1) is 0 Å². The van der Waals surface area contributed by atoms with Crippen molar-refractivity contribution in [2.45, 2.75) is 50.6 Å². The van der Waals surface area contributed by atoms with Crippen molar-refractivity contribution in [1.82, 2.24) is 4.90 Å². The lowest BCUT2D eigenvalue weighted by molar-refractivity contribution is -0.136. The molecule has 0 aliphatic heterocycles. The van der Waals surface area contributed by atoms with Gasteiger partial charge in [-0.3, -0.25) is 4.79 Å². The molecule has 0 unspecified atom stereocenters. The molecule has 2 saturated carbocycles. The smallest absolute Gasteiger partial charge is 0.261 e. The van der Waals surface area contributed by atoms with E-state index in [-0.39, 0.29) is 12.5 Å². The van der Waals surface area contributed by atoms with Crippen LogP contribution >= 0.6 is 11.6 Å². The summed E-state index contributed by atoms with van der Waals surface area (Å²) in [6.45, 7) is 0.118. The van der Waals surface area contributed by atoms with Crippen LogP contribution in [0.15, 0.2) is 24.3 Å². The monoisotopic (exact) mass is 293 g/mol.